The molecule has 3 rings (SSSR count). The Morgan fingerprint density at radius 2 is 1.96 bits per heavy atom. The smallest absolute Gasteiger partial charge is 0.342 e. The Morgan fingerprint density at radius 1 is 1.19 bits per heavy atom. The van der Waals surface area contributed by atoms with Crippen molar-refractivity contribution in [3.05, 3.63) is 64.7 Å². The highest BCUT2D eigenvalue weighted by Crippen LogP contribution is 2.29. The number of ether oxygens (including phenoxy) is 2. The van der Waals surface area contributed by atoms with Crippen LogP contribution in [0, 0.1) is 6.92 Å². The average Bonchev–Trinajstić information content (AvgIpc) is 2.68. The number of carbonyl (C=O) groups is 2. The van der Waals surface area contributed by atoms with Crippen LogP contribution in [0.2, 0.25) is 0 Å². The van der Waals surface area contributed by atoms with Crippen LogP contribution in [0.1, 0.15) is 52.9 Å². The van der Waals surface area contributed by atoms with Crippen molar-refractivity contribution < 1.29 is 19.1 Å². The Balaban J connectivity index is 1.67. The van der Waals surface area contributed by atoms with Crippen molar-refractivity contribution in [3.8, 4) is 5.75 Å². The van der Waals surface area contributed by atoms with Gasteiger partial charge in [0.05, 0.1) is 13.2 Å². The number of methoxy groups -OCH3 is 1. The van der Waals surface area contributed by atoms with Gasteiger partial charge >= 0.3 is 5.97 Å². The molecule has 0 aliphatic heterocycles. The second-order valence-electron chi connectivity index (χ2n) is 6.90. The Kier molecular flexibility index (Phi) is 5.79. The topological polar surface area (TPSA) is 64.6 Å². The molecule has 0 saturated carbocycles. The molecule has 1 amide bonds. The molecule has 2 aromatic rings. The van der Waals surface area contributed by atoms with Gasteiger partial charge in [-0.1, -0.05) is 35.9 Å². The van der Waals surface area contributed by atoms with Crippen LogP contribution in [0.15, 0.2) is 42.5 Å². The molecule has 0 spiro atoms. The molecule has 142 valence electrons. The first-order chi connectivity index (χ1) is 13.0. The number of benzene rings is 2. The van der Waals surface area contributed by atoms with Crippen LogP contribution < -0.4 is 10.1 Å². The molecule has 0 unspecified atom stereocenters. The van der Waals surface area contributed by atoms with Gasteiger partial charge in [-0.05, 0) is 56.4 Å². The van der Waals surface area contributed by atoms with Crippen LogP contribution in [-0.2, 0) is 16.0 Å². The maximum Gasteiger partial charge on any atom is 0.342 e. The number of esters is 1. The summed E-state index contributed by atoms with van der Waals surface area (Å²) in [5.41, 5.74) is 3.65. The van der Waals surface area contributed by atoms with Gasteiger partial charge < -0.3 is 14.8 Å². The zero-order valence-electron chi connectivity index (χ0n) is 16.0. The molecular weight excluding hydrogens is 342 g/mol. The molecule has 1 aliphatic rings. The fraction of sp³-hybridized carbons (Fsp3) is 0.364. The second kappa shape index (κ2) is 8.25. The van der Waals surface area contributed by atoms with Crippen LogP contribution in [0.5, 0.6) is 5.75 Å². The van der Waals surface area contributed by atoms with Crippen LogP contribution >= 0.6 is 0 Å². The van der Waals surface area contributed by atoms with E-state index in [2.05, 4.69) is 11.4 Å². The minimum absolute atomic E-state index is 0.0443. The lowest BCUT2D eigenvalue weighted by Crippen LogP contribution is -2.39. The van der Waals surface area contributed by atoms with Gasteiger partial charge in [-0.2, -0.15) is 0 Å². The third-order valence-electron chi connectivity index (χ3n) is 4.91. The van der Waals surface area contributed by atoms with Crippen molar-refractivity contribution >= 4 is 11.9 Å². The third kappa shape index (κ3) is 4.30. The van der Waals surface area contributed by atoms with E-state index in [1.54, 1.807) is 19.1 Å². The normalized spacial score (nSPS) is 16.8. The molecular formula is C22H25NO4. The van der Waals surface area contributed by atoms with E-state index in [-0.39, 0.29) is 11.9 Å². The van der Waals surface area contributed by atoms with E-state index < -0.39 is 12.1 Å². The molecule has 2 atom stereocenters. The predicted octanol–water partition coefficient (Wildman–Crippen LogP) is 3.74. The number of hydrogen-bond acceptors (Lipinski definition) is 4. The van der Waals surface area contributed by atoms with Crippen molar-refractivity contribution in [2.45, 2.75) is 45.3 Å². The van der Waals surface area contributed by atoms with E-state index in [9.17, 15) is 9.59 Å². The Bertz CT molecular complexity index is 846. The first-order valence-corrected chi connectivity index (χ1v) is 9.23. The van der Waals surface area contributed by atoms with Crippen LogP contribution in [0.3, 0.4) is 0 Å². The van der Waals surface area contributed by atoms with Crippen molar-refractivity contribution in [2.24, 2.45) is 0 Å². The molecule has 1 aliphatic carbocycles. The number of rotatable bonds is 5. The fourth-order valence-electron chi connectivity index (χ4n) is 3.45. The lowest BCUT2D eigenvalue weighted by molar-refractivity contribution is -0.130. The summed E-state index contributed by atoms with van der Waals surface area (Å²) in [6, 6.07) is 13.4. The molecule has 0 radical (unpaired) electrons. The molecule has 1 N–H and O–H groups in total. The molecule has 0 heterocycles. The zero-order valence-corrected chi connectivity index (χ0v) is 16.0. The SMILES string of the molecule is COc1ccc(C)cc1C(=O)O[C@@H](C)C(=O)N[C@@H]1CCCc2ccccc21. The summed E-state index contributed by atoms with van der Waals surface area (Å²) in [6.07, 6.45) is 2.04. The van der Waals surface area contributed by atoms with Gasteiger partial charge in [-0.25, -0.2) is 4.79 Å². The summed E-state index contributed by atoms with van der Waals surface area (Å²) in [7, 11) is 1.50. The molecule has 0 aromatic heterocycles. The Morgan fingerprint density at radius 3 is 2.74 bits per heavy atom. The molecule has 0 fully saturated rings. The Labute approximate surface area is 159 Å². The zero-order chi connectivity index (χ0) is 19.4. The summed E-state index contributed by atoms with van der Waals surface area (Å²) in [4.78, 5) is 25.1. The minimum atomic E-state index is -0.892. The number of carbonyl (C=O) groups excluding carboxylic acids is 2. The largest absolute Gasteiger partial charge is 0.496 e. The minimum Gasteiger partial charge on any atom is -0.496 e. The summed E-state index contributed by atoms with van der Waals surface area (Å²) in [6.45, 7) is 3.47. The van der Waals surface area contributed by atoms with E-state index in [1.807, 2.05) is 31.2 Å². The quantitative estimate of drug-likeness (QED) is 0.818. The molecule has 27 heavy (non-hydrogen) atoms. The predicted molar refractivity (Wildman–Crippen MR) is 103 cm³/mol. The molecule has 5 heteroatoms. The van der Waals surface area contributed by atoms with Gasteiger partial charge in [-0.15, -0.1) is 0 Å². The van der Waals surface area contributed by atoms with Gasteiger partial charge in [0.25, 0.3) is 5.91 Å². The van der Waals surface area contributed by atoms with Crippen molar-refractivity contribution in [3.63, 3.8) is 0 Å². The first-order valence-electron chi connectivity index (χ1n) is 9.23. The summed E-state index contributed by atoms with van der Waals surface area (Å²) < 4.78 is 10.6. The average molecular weight is 367 g/mol. The van der Waals surface area contributed by atoms with E-state index in [1.165, 1.54) is 12.7 Å². The van der Waals surface area contributed by atoms with Crippen LogP contribution in [0.4, 0.5) is 0 Å². The lowest BCUT2D eigenvalue weighted by Gasteiger charge is -2.27. The van der Waals surface area contributed by atoms with E-state index in [0.29, 0.717) is 11.3 Å². The summed E-state index contributed by atoms with van der Waals surface area (Å²) >= 11 is 0. The van der Waals surface area contributed by atoms with Gasteiger partial charge in [0.1, 0.15) is 11.3 Å². The molecule has 5 nitrogen and oxygen atoms in total. The van der Waals surface area contributed by atoms with E-state index >= 15 is 0 Å². The first kappa shape index (κ1) is 19.0. The van der Waals surface area contributed by atoms with Gasteiger partial charge in [0.15, 0.2) is 6.10 Å². The van der Waals surface area contributed by atoms with Gasteiger partial charge in [-0.3, -0.25) is 4.79 Å². The molecule has 0 bridgehead atoms. The fourth-order valence-corrected chi connectivity index (χ4v) is 3.45. The highest BCUT2D eigenvalue weighted by Gasteiger charge is 2.26. The maximum atomic E-state index is 12.6. The van der Waals surface area contributed by atoms with Crippen LogP contribution in [0.25, 0.3) is 0 Å². The number of amides is 1. The van der Waals surface area contributed by atoms with Crippen molar-refractivity contribution in [2.75, 3.05) is 7.11 Å². The van der Waals surface area contributed by atoms with E-state index in [0.717, 1.165) is 30.4 Å². The number of fused-ring (bicyclic) bond motifs is 1. The summed E-state index contributed by atoms with van der Waals surface area (Å²) in [5.74, 6) is -0.432. The third-order valence-corrected chi connectivity index (χ3v) is 4.91. The number of hydrogen-bond donors (Lipinski definition) is 1. The van der Waals surface area contributed by atoms with Gasteiger partial charge in [0, 0.05) is 0 Å². The highest BCUT2D eigenvalue weighted by molar-refractivity contribution is 5.95. The summed E-state index contributed by atoms with van der Waals surface area (Å²) in [5, 5.41) is 3.02. The molecule has 0 saturated heterocycles. The monoisotopic (exact) mass is 367 g/mol. The lowest BCUT2D eigenvalue weighted by atomic mass is 9.87. The van der Waals surface area contributed by atoms with Crippen LogP contribution in [-0.4, -0.2) is 25.1 Å². The van der Waals surface area contributed by atoms with Crippen molar-refractivity contribution in [1.82, 2.24) is 5.32 Å². The standard InChI is InChI=1S/C22H25NO4/c1-14-11-12-20(26-3)18(13-14)22(25)27-15(2)21(24)23-19-10-6-8-16-7-4-5-9-17(16)19/h4-5,7,9,11-13,15,19H,6,8,10H2,1-3H3,(H,23,24)/t15-,19+/m0/s1. The Hall–Kier alpha value is -2.82. The van der Waals surface area contributed by atoms with Crippen molar-refractivity contribution in [1.29, 1.82) is 0 Å². The number of aryl methyl sites for hydroxylation is 2. The second-order valence-corrected chi connectivity index (χ2v) is 6.90. The highest BCUT2D eigenvalue weighted by atomic mass is 16.5. The van der Waals surface area contributed by atoms with Gasteiger partial charge in [0.2, 0.25) is 0 Å². The maximum absolute atomic E-state index is 12.6. The number of nitrogens with one attached hydrogen (secondary N) is 1. The molecule has 2 aromatic carbocycles. The van der Waals surface area contributed by atoms with E-state index in [4.69, 9.17) is 9.47 Å².